The average Bonchev–Trinajstić information content (AvgIpc) is 3.06. The topological polar surface area (TPSA) is 55.7 Å². The van der Waals surface area contributed by atoms with Gasteiger partial charge in [-0.1, -0.05) is 36.5 Å². The zero-order chi connectivity index (χ0) is 16.3. The number of ether oxygens (including phenoxy) is 1. The van der Waals surface area contributed by atoms with Crippen LogP contribution in [0.25, 0.3) is 0 Å². The summed E-state index contributed by atoms with van der Waals surface area (Å²) in [4.78, 5) is 4.63. The van der Waals surface area contributed by atoms with Gasteiger partial charge in [0.25, 0.3) is 0 Å². The van der Waals surface area contributed by atoms with E-state index in [2.05, 4.69) is 11.1 Å². The molecule has 0 spiro atoms. The number of dihydropyridines is 1. The zero-order valence-electron chi connectivity index (χ0n) is 13.1. The quantitative estimate of drug-likeness (QED) is 0.799. The van der Waals surface area contributed by atoms with E-state index in [9.17, 15) is 8.42 Å². The molecule has 1 atom stereocenters. The zero-order valence-corrected chi connectivity index (χ0v) is 13.9. The fourth-order valence-corrected chi connectivity index (χ4v) is 3.35. The summed E-state index contributed by atoms with van der Waals surface area (Å²) in [6.45, 7) is 1.61. The summed E-state index contributed by atoms with van der Waals surface area (Å²) in [5.41, 5.74) is 2.66. The molecular weight excluding hydrogens is 310 g/mol. The van der Waals surface area contributed by atoms with Gasteiger partial charge >= 0.3 is 0 Å². The Hall–Kier alpha value is -1.72. The van der Waals surface area contributed by atoms with E-state index in [4.69, 9.17) is 4.74 Å². The van der Waals surface area contributed by atoms with Crippen molar-refractivity contribution in [3.05, 3.63) is 66.3 Å². The molecule has 23 heavy (non-hydrogen) atoms. The van der Waals surface area contributed by atoms with E-state index in [1.165, 1.54) is 6.26 Å². The lowest BCUT2D eigenvalue weighted by Crippen LogP contribution is -2.16. The van der Waals surface area contributed by atoms with Crippen molar-refractivity contribution < 1.29 is 13.2 Å². The Morgan fingerprint density at radius 2 is 2.04 bits per heavy atom. The second kappa shape index (κ2) is 6.81. The minimum absolute atomic E-state index is 0.470. The maximum atomic E-state index is 11.5. The SMILES string of the molecule is CS(=O)(=O)C1C=CC(=C2[CH]C=CC(/C=C\C3CCOC3)=N2)C=C1. The van der Waals surface area contributed by atoms with Crippen molar-refractivity contribution in [2.24, 2.45) is 10.9 Å². The number of aliphatic imine (C=N–C) groups is 1. The van der Waals surface area contributed by atoms with Crippen molar-refractivity contribution in [2.45, 2.75) is 11.7 Å². The predicted octanol–water partition coefficient (Wildman–Crippen LogP) is 2.59. The first-order chi connectivity index (χ1) is 11.0. The highest BCUT2D eigenvalue weighted by Gasteiger charge is 2.18. The summed E-state index contributed by atoms with van der Waals surface area (Å²) < 4.78 is 28.5. The molecule has 4 nitrogen and oxygen atoms in total. The van der Waals surface area contributed by atoms with E-state index in [-0.39, 0.29) is 0 Å². The Balaban J connectivity index is 1.76. The van der Waals surface area contributed by atoms with E-state index in [1.807, 2.05) is 36.8 Å². The fourth-order valence-electron chi connectivity index (χ4n) is 2.62. The monoisotopic (exact) mass is 330 g/mol. The lowest BCUT2D eigenvalue weighted by atomic mass is 10.0. The van der Waals surface area contributed by atoms with Crippen LogP contribution in [0.3, 0.4) is 0 Å². The smallest absolute Gasteiger partial charge is 0.157 e. The molecule has 0 amide bonds. The number of allylic oxidation sites excluding steroid dienone is 6. The van der Waals surface area contributed by atoms with Gasteiger partial charge in [-0.25, -0.2) is 8.42 Å². The minimum atomic E-state index is -3.09. The second-order valence-electron chi connectivity index (χ2n) is 5.90. The average molecular weight is 330 g/mol. The van der Waals surface area contributed by atoms with Crippen LogP contribution in [0.1, 0.15) is 6.42 Å². The largest absolute Gasteiger partial charge is 0.381 e. The molecule has 0 aromatic heterocycles. The van der Waals surface area contributed by atoms with E-state index >= 15 is 0 Å². The molecule has 3 aliphatic rings. The Labute approximate surface area is 137 Å². The molecule has 2 heterocycles. The van der Waals surface area contributed by atoms with Gasteiger partial charge in [0.15, 0.2) is 9.84 Å². The summed E-state index contributed by atoms with van der Waals surface area (Å²) in [5.74, 6) is 0.470. The molecule has 5 heteroatoms. The molecule has 2 aliphatic heterocycles. The van der Waals surface area contributed by atoms with Crippen molar-refractivity contribution in [2.75, 3.05) is 19.5 Å². The molecule has 121 valence electrons. The maximum Gasteiger partial charge on any atom is 0.157 e. The van der Waals surface area contributed by atoms with Gasteiger partial charge in [-0.2, -0.15) is 0 Å². The molecule has 0 aromatic carbocycles. The number of nitrogens with zero attached hydrogens (tertiary/aromatic N) is 1. The molecular formula is C18H20NO3S. The molecule has 0 bridgehead atoms. The first kappa shape index (κ1) is 16.1. The standard InChI is InChI=1S/C18H20NO3S/c1-23(20,21)17-9-6-15(7-10-17)18-4-2-3-16(19-18)8-5-14-11-12-22-13-14/h2-10,14,17H,11-13H2,1H3/b8-5-,18-15?. The van der Waals surface area contributed by atoms with Crippen LogP contribution in [0, 0.1) is 12.3 Å². The number of hydrogen-bond donors (Lipinski definition) is 0. The third-order valence-corrected chi connectivity index (χ3v) is 5.30. The van der Waals surface area contributed by atoms with Crippen molar-refractivity contribution >= 4 is 15.5 Å². The van der Waals surface area contributed by atoms with Crippen LogP contribution in [-0.4, -0.2) is 38.8 Å². The molecule has 3 rings (SSSR count). The lowest BCUT2D eigenvalue weighted by molar-refractivity contribution is 0.191. The normalized spacial score (nSPS) is 28.0. The summed E-state index contributed by atoms with van der Waals surface area (Å²) in [5, 5.41) is -0.545. The maximum absolute atomic E-state index is 11.5. The number of rotatable bonds is 3. The highest BCUT2D eigenvalue weighted by atomic mass is 32.2. The van der Waals surface area contributed by atoms with Crippen LogP contribution in [0.15, 0.2) is 64.9 Å². The molecule has 0 N–H and O–H groups in total. The molecule has 0 saturated carbocycles. The molecule has 1 radical (unpaired) electrons. The Morgan fingerprint density at radius 1 is 1.26 bits per heavy atom. The lowest BCUT2D eigenvalue weighted by Gasteiger charge is -2.14. The van der Waals surface area contributed by atoms with E-state index in [0.717, 1.165) is 36.6 Å². The van der Waals surface area contributed by atoms with Gasteiger partial charge in [0, 0.05) is 25.2 Å². The predicted molar refractivity (Wildman–Crippen MR) is 92.9 cm³/mol. The van der Waals surface area contributed by atoms with E-state index < -0.39 is 15.1 Å². The Morgan fingerprint density at radius 3 is 2.70 bits per heavy atom. The second-order valence-corrected chi connectivity index (χ2v) is 8.10. The Kier molecular flexibility index (Phi) is 4.78. The molecule has 1 fully saturated rings. The van der Waals surface area contributed by atoms with Gasteiger partial charge in [-0.3, -0.25) is 4.99 Å². The third kappa shape index (κ3) is 4.18. The van der Waals surface area contributed by atoms with E-state index in [0.29, 0.717) is 5.92 Å². The number of hydrogen-bond acceptors (Lipinski definition) is 4. The minimum Gasteiger partial charge on any atom is -0.381 e. The van der Waals surface area contributed by atoms with Gasteiger partial charge < -0.3 is 4.74 Å². The van der Waals surface area contributed by atoms with Crippen molar-refractivity contribution in [3.8, 4) is 0 Å². The van der Waals surface area contributed by atoms with Crippen LogP contribution in [0.2, 0.25) is 0 Å². The van der Waals surface area contributed by atoms with Crippen LogP contribution in [0.4, 0.5) is 0 Å². The van der Waals surface area contributed by atoms with E-state index in [1.54, 1.807) is 12.2 Å². The highest BCUT2D eigenvalue weighted by molar-refractivity contribution is 7.91. The van der Waals surface area contributed by atoms with Crippen LogP contribution in [0.5, 0.6) is 0 Å². The highest BCUT2D eigenvalue weighted by Crippen LogP contribution is 2.22. The van der Waals surface area contributed by atoms with Gasteiger partial charge in [-0.05, 0) is 24.1 Å². The Bertz CT molecular complexity index is 729. The van der Waals surface area contributed by atoms with Crippen molar-refractivity contribution in [3.63, 3.8) is 0 Å². The van der Waals surface area contributed by atoms with Crippen molar-refractivity contribution in [1.29, 1.82) is 0 Å². The fraction of sp³-hybridized carbons (Fsp3) is 0.333. The van der Waals surface area contributed by atoms with Crippen molar-refractivity contribution in [1.82, 2.24) is 0 Å². The van der Waals surface area contributed by atoms with Gasteiger partial charge in [0.05, 0.1) is 23.3 Å². The molecule has 1 aliphatic carbocycles. The first-order valence-electron chi connectivity index (χ1n) is 7.68. The van der Waals surface area contributed by atoms with Crippen LogP contribution >= 0.6 is 0 Å². The first-order valence-corrected chi connectivity index (χ1v) is 9.63. The van der Waals surface area contributed by atoms with Crippen LogP contribution in [-0.2, 0) is 14.6 Å². The summed E-state index contributed by atoms with van der Waals surface area (Å²) in [6.07, 6.45) is 19.4. The van der Waals surface area contributed by atoms with Gasteiger partial charge in [-0.15, -0.1) is 0 Å². The van der Waals surface area contributed by atoms with Gasteiger partial charge in [0.2, 0.25) is 0 Å². The molecule has 0 aromatic rings. The van der Waals surface area contributed by atoms with Crippen LogP contribution < -0.4 is 0 Å². The van der Waals surface area contributed by atoms with Gasteiger partial charge in [0.1, 0.15) is 0 Å². The number of sulfone groups is 1. The summed E-state index contributed by atoms with van der Waals surface area (Å²) in [6, 6.07) is 0. The third-order valence-electron chi connectivity index (χ3n) is 4.00. The molecule has 1 unspecified atom stereocenters. The summed E-state index contributed by atoms with van der Waals surface area (Å²) >= 11 is 0. The summed E-state index contributed by atoms with van der Waals surface area (Å²) in [7, 11) is -3.09. The molecule has 1 saturated heterocycles.